The first-order valence-corrected chi connectivity index (χ1v) is 13.9. The van der Waals surface area contributed by atoms with E-state index in [0.29, 0.717) is 5.56 Å². The summed E-state index contributed by atoms with van der Waals surface area (Å²) >= 11 is 0. The van der Waals surface area contributed by atoms with Crippen LogP contribution < -0.4 is 5.32 Å². The van der Waals surface area contributed by atoms with E-state index in [1.807, 2.05) is 36.4 Å². The average molecular weight is 470 g/mol. The lowest BCUT2D eigenvalue weighted by molar-refractivity contribution is 0.0259. The van der Waals surface area contributed by atoms with E-state index in [0.717, 1.165) is 5.56 Å². The zero-order valence-corrected chi connectivity index (χ0v) is 21.2. The average Bonchev–Trinajstić information content (AvgIpc) is 2.79. The fourth-order valence-corrected chi connectivity index (χ4v) is 3.74. The van der Waals surface area contributed by atoms with Crippen LogP contribution in [0.4, 0.5) is 4.79 Å². The summed E-state index contributed by atoms with van der Waals surface area (Å²) in [5, 5.41) is 2.79. The van der Waals surface area contributed by atoms with Crippen LogP contribution in [0.3, 0.4) is 0 Å². The van der Waals surface area contributed by atoms with E-state index in [2.05, 4.69) is 45.8 Å². The molecule has 2 atom stereocenters. The maximum Gasteiger partial charge on any atom is 0.407 e. The quantitative estimate of drug-likeness (QED) is 0.274. The van der Waals surface area contributed by atoms with Gasteiger partial charge in [0.2, 0.25) is 0 Å². The van der Waals surface area contributed by atoms with Crippen LogP contribution in [0.1, 0.15) is 36.7 Å². The molecular formula is C26H35NO5Si. The molecule has 33 heavy (non-hydrogen) atoms. The lowest BCUT2D eigenvalue weighted by Gasteiger charge is -2.38. The van der Waals surface area contributed by atoms with Crippen molar-refractivity contribution in [2.45, 2.75) is 57.7 Å². The van der Waals surface area contributed by atoms with Crippen molar-refractivity contribution < 1.29 is 23.5 Å². The molecule has 1 N–H and O–H groups in total. The molecule has 0 aliphatic carbocycles. The number of carbonyl (C=O) groups excluding carboxylic acids is 2. The van der Waals surface area contributed by atoms with Crippen molar-refractivity contribution in [1.82, 2.24) is 5.32 Å². The number of esters is 1. The Hall–Kier alpha value is -2.90. The summed E-state index contributed by atoms with van der Waals surface area (Å²) in [5.41, 5.74) is 1.29. The van der Waals surface area contributed by atoms with E-state index in [4.69, 9.17) is 13.9 Å². The highest BCUT2D eigenvalue weighted by Gasteiger charge is 2.38. The van der Waals surface area contributed by atoms with Gasteiger partial charge in [0.05, 0.1) is 18.2 Å². The zero-order valence-electron chi connectivity index (χ0n) is 20.2. The van der Waals surface area contributed by atoms with Gasteiger partial charge in [-0.1, -0.05) is 75.9 Å². The lowest BCUT2D eigenvalue weighted by atomic mass is 10.1. The monoisotopic (exact) mass is 469 g/mol. The minimum absolute atomic E-state index is 0.0181. The van der Waals surface area contributed by atoms with E-state index in [1.165, 1.54) is 6.08 Å². The smallest absolute Gasteiger partial charge is 0.407 e. The summed E-state index contributed by atoms with van der Waals surface area (Å²) in [6.45, 7) is 14.8. The molecule has 7 heteroatoms. The number of carbonyl (C=O) groups is 2. The number of ether oxygens (including phenoxy) is 2. The predicted octanol–water partition coefficient (Wildman–Crippen LogP) is 5.71. The number of amides is 1. The molecule has 0 bridgehead atoms. The SMILES string of the molecule is C=C[C@@H](OC(=O)c1ccccc1)[C@@H](CO[Si](C)(C)C(C)(C)C)NC(=O)OCc1ccccc1. The van der Waals surface area contributed by atoms with E-state index < -0.39 is 32.5 Å². The van der Waals surface area contributed by atoms with Crippen LogP contribution in [0.15, 0.2) is 73.3 Å². The number of benzene rings is 2. The van der Waals surface area contributed by atoms with Crippen molar-refractivity contribution in [3.8, 4) is 0 Å². The van der Waals surface area contributed by atoms with Crippen LogP contribution in [0, 0.1) is 0 Å². The van der Waals surface area contributed by atoms with Gasteiger partial charge in [-0.25, -0.2) is 9.59 Å². The molecule has 0 aromatic heterocycles. The second-order valence-corrected chi connectivity index (χ2v) is 14.2. The summed E-state index contributed by atoms with van der Waals surface area (Å²) in [5.74, 6) is -0.503. The third kappa shape index (κ3) is 8.18. The van der Waals surface area contributed by atoms with Crippen molar-refractivity contribution in [3.05, 3.63) is 84.4 Å². The highest BCUT2D eigenvalue weighted by molar-refractivity contribution is 6.74. The Kier molecular flexibility index (Phi) is 9.43. The van der Waals surface area contributed by atoms with Gasteiger partial charge in [-0.2, -0.15) is 0 Å². The third-order valence-electron chi connectivity index (χ3n) is 5.83. The Labute approximate surface area is 198 Å². The Balaban J connectivity index is 2.12. The van der Waals surface area contributed by atoms with Gasteiger partial charge in [0.1, 0.15) is 12.7 Å². The standard InChI is InChI=1S/C26H35NO5Si/c1-7-23(32-24(28)21-16-12-9-13-17-21)22(19-31-33(5,6)26(2,3)4)27-25(29)30-18-20-14-10-8-11-15-20/h7-17,22-23H,1,18-19H2,2-6H3,(H,27,29)/t22-,23-/m1/s1. The van der Waals surface area contributed by atoms with Crippen LogP contribution in [-0.2, 0) is 20.5 Å². The highest BCUT2D eigenvalue weighted by Crippen LogP contribution is 2.36. The molecule has 0 aliphatic heterocycles. The van der Waals surface area contributed by atoms with E-state index >= 15 is 0 Å². The van der Waals surface area contributed by atoms with Crippen molar-refractivity contribution in [2.24, 2.45) is 0 Å². The molecule has 2 rings (SSSR count). The number of nitrogens with one attached hydrogen (secondary N) is 1. The molecule has 0 saturated carbocycles. The maximum atomic E-state index is 12.6. The maximum absolute atomic E-state index is 12.6. The van der Waals surface area contributed by atoms with Crippen molar-refractivity contribution in [2.75, 3.05) is 6.61 Å². The number of hydrogen-bond acceptors (Lipinski definition) is 5. The molecule has 0 radical (unpaired) electrons. The Morgan fingerprint density at radius 1 is 1.03 bits per heavy atom. The number of alkyl carbamates (subject to hydrolysis) is 1. The van der Waals surface area contributed by atoms with Gasteiger partial charge in [-0.05, 0) is 41.9 Å². The summed E-state index contributed by atoms with van der Waals surface area (Å²) in [4.78, 5) is 25.2. The van der Waals surface area contributed by atoms with Crippen molar-refractivity contribution in [3.63, 3.8) is 0 Å². The molecule has 0 fully saturated rings. The molecule has 0 aliphatic rings. The zero-order chi connectivity index (χ0) is 24.5. The fourth-order valence-electron chi connectivity index (χ4n) is 2.71. The minimum atomic E-state index is -2.12. The van der Waals surface area contributed by atoms with Crippen LogP contribution in [0.25, 0.3) is 0 Å². The Morgan fingerprint density at radius 3 is 2.15 bits per heavy atom. The van der Waals surface area contributed by atoms with Gasteiger partial charge >= 0.3 is 12.1 Å². The van der Waals surface area contributed by atoms with E-state index in [9.17, 15) is 9.59 Å². The summed E-state index contributed by atoms with van der Waals surface area (Å²) in [6.07, 6.45) is 0.0786. The van der Waals surface area contributed by atoms with Crippen LogP contribution in [0.2, 0.25) is 18.1 Å². The molecule has 6 nitrogen and oxygen atoms in total. The molecule has 1 amide bonds. The molecule has 0 spiro atoms. The van der Waals surface area contributed by atoms with Gasteiger partial charge in [0, 0.05) is 0 Å². The first-order valence-electron chi connectivity index (χ1n) is 11.0. The first kappa shape index (κ1) is 26.4. The molecule has 0 unspecified atom stereocenters. The first-order chi connectivity index (χ1) is 15.5. The van der Waals surface area contributed by atoms with E-state index in [-0.39, 0.29) is 18.3 Å². The van der Waals surface area contributed by atoms with Gasteiger partial charge in [-0.15, -0.1) is 0 Å². The molecule has 2 aromatic carbocycles. The normalized spacial score (nSPS) is 13.5. The van der Waals surface area contributed by atoms with Gasteiger partial charge in [0.15, 0.2) is 8.32 Å². The van der Waals surface area contributed by atoms with Crippen LogP contribution >= 0.6 is 0 Å². The molecule has 2 aromatic rings. The lowest BCUT2D eigenvalue weighted by Crippen LogP contribution is -2.51. The summed E-state index contributed by atoms with van der Waals surface area (Å²) < 4.78 is 17.4. The van der Waals surface area contributed by atoms with Crippen LogP contribution in [0.5, 0.6) is 0 Å². The van der Waals surface area contributed by atoms with Crippen molar-refractivity contribution in [1.29, 1.82) is 0 Å². The predicted molar refractivity (Wildman–Crippen MR) is 133 cm³/mol. The number of hydrogen-bond donors (Lipinski definition) is 1. The molecule has 0 heterocycles. The number of rotatable bonds is 10. The van der Waals surface area contributed by atoms with Gasteiger partial charge < -0.3 is 19.2 Å². The van der Waals surface area contributed by atoms with E-state index in [1.54, 1.807) is 24.3 Å². The summed E-state index contributed by atoms with van der Waals surface area (Å²) in [7, 11) is -2.12. The molecule has 0 saturated heterocycles. The van der Waals surface area contributed by atoms with Gasteiger partial charge in [-0.3, -0.25) is 0 Å². The summed E-state index contributed by atoms with van der Waals surface area (Å²) in [6, 6.07) is 17.4. The second kappa shape index (κ2) is 11.8. The topological polar surface area (TPSA) is 73.9 Å². The largest absolute Gasteiger partial charge is 0.452 e. The van der Waals surface area contributed by atoms with Gasteiger partial charge in [0.25, 0.3) is 0 Å². The fraction of sp³-hybridized carbons (Fsp3) is 0.385. The molecule has 178 valence electrons. The Morgan fingerprint density at radius 2 is 1.61 bits per heavy atom. The Bertz CT molecular complexity index is 909. The minimum Gasteiger partial charge on any atom is -0.452 e. The third-order valence-corrected chi connectivity index (χ3v) is 10.3. The second-order valence-electron chi connectivity index (χ2n) is 9.36. The van der Waals surface area contributed by atoms with Crippen LogP contribution in [-0.4, -0.2) is 39.1 Å². The highest BCUT2D eigenvalue weighted by atomic mass is 28.4. The van der Waals surface area contributed by atoms with Crippen molar-refractivity contribution >= 4 is 20.4 Å². The molecular weight excluding hydrogens is 434 g/mol.